The summed E-state index contributed by atoms with van der Waals surface area (Å²) in [7, 11) is 1.50. The number of alkyl halides is 2. The number of rotatable bonds is 11. The second-order valence-electron chi connectivity index (χ2n) is 10.2. The van der Waals surface area contributed by atoms with Crippen LogP contribution in [0.5, 0.6) is 5.75 Å². The van der Waals surface area contributed by atoms with Gasteiger partial charge in [-0.1, -0.05) is 37.8 Å². The Bertz CT molecular complexity index is 1500. The van der Waals surface area contributed by atoms with E-state index in [4.69, 9.17) is 4.74 Å². The number of benzene rings is 2. The van der Waals surface area contributed by atoms with E-state index >= 15 is 0 Å². The number of amides is 1. The zero-order valence-corrected chi connectivity index (χ0v) is 23.0. The lowest BCUT2D eigenvalue weighted by molar-refractivity contribution is 0.0175. The SMILES string of the molecule is COc1cc(Nc2nccn2-c2cc(NCCC3CCCC3)ncn2)cc(C(=O)Nc2cccc(C(C)(F)F)c2)c1. The number of nitrogens with one attached hydrogen (secondary N) is 3. The molecule has 1 fully saturated rings. The lowest BCUT2D eigenvalue weighted by Gasteiger charge is -2.14. The fourth-order valence-corrected chi connectivity index (χ4v) is 4.98. The topological polar surface area (TPSA) is 106 Å². The summed E-state index contributed by atoms with van der Waals surface area (Å²) in [6.07, 6.45) is 11.3. The van der Waals surface area contributed by atoms with Crippen LogP contribution in [-0.2, 0) is 5.92 Å². The van der Waals surface area contributed by atoms with Crippen molar-refractivity contribution in [2.24, 2.45) is 5.92 Å². The molecular formula is C30H33F2N7O2. The van der Waals surface area contributed by atoms with Crippen molar-refractivity contribution in [3.63, 3.8) is 0 Å². The van der Waals surface area contributed by atoms with E-state index in [1.54, 1.807) is 41.2 Å². The first-order valence-corrected chi connectivity index (χ1v) is 13.6. The monoisotopic (exact) mass is 561 g/mol. The molecule has 0 aliphatic heterocycles. The highest BCUT2D eigenvalue weighted by Crippen LogP contribution is 2.30. The molecule has 2 aromatic carbocycles. The minimum absolute atomic E-state index is 0.188. The summed E-state index contributed by atoms with van der Waals surface area (Å²) >= 11 is 0. The van der Waals surface area contributed by atoms with Crippen molar-refractivity contribution in [2.45, 2.75) is 45.0 Å². The maximum absolute atomic E-state index is 13.8. The summed E-state index contributed by atoms with van der Waals surface area (Å²) in [6, 6.07) is 12.4. The smallest absolute Gasteiger partial charge is 0.270 e. The number of methoxy groups -OCH3 is 1. The molecular weight excluding hydrogens is 528 g/mol. The maximum atomic E-state index is 13.8. The van der Waals surface area contributed by atoms with Gasteiger partial charge in [-0.05, 0) is 36.6 Å². The first kappa shape index (κ1) is 28.0. The van der Waals surface area contributed by atoms with E-state index in [1.807, 2.05) is 6.07 Å². The standard InChI is InChI=1S/C30H33F2N7O2/c1-30(31,32)22-8-5-9-23(16-22)37-28(40)21-14-24(17-25(15-21)41-2)38-29-34-12-13-39(29)27-18-26(35-19-36-27)33-11-10-20-6-3-4-7-20/h5,8-9,12-20H,3-4,6-7,10-11H2,1-2H3,(H,34,38)(H,37,40)(H,33,35,36). The van der Waals surface area contributed by atoms with E-state index in [1.165, 1.54) is 57.3 Å². The molecule has 3 N–H and O–H groups in total. The average molecular weight is 562 g/mol. The minimum atomic E-state index is -3.02. The highest BCUT2D eigenvalue weighted by Gasteiger charge is 2.24. The van der Waals surface area contributed by atoms with Crippen molar-refractivity contribution < 1.29 is 18.3 Å². The molecule has 0 bridgehead atoms. The minimum Gasteiger partial charge on any atom is -0.497 e. The number of hydrogen-bond donors (Lipinski definition) is 3. The fourth-order valence-electron chi connectivity index (χ4n) is 4.98. The number of aromatic nitrogens is 4. The Hall–Kier alpha value is -4.54. The van der Waals surface area contributed by atoms with Crippen molar-refractivity contribution in [3.8, 4) is 11.6 Å². The van der Waals surface area contributed by atoms with Gasteiger partial charge in [0.2, 0.25) is 5.95 Å². The predicted octanol–water partition coefficient (Wildman–Crippen LogP) is 6.77. The van der Waals surface area contributed by atoms with Crippen LogP contribution in [0.25, 0.3) is 5.82 Å². The summed E-state index contributed by atoms with van der Waals surface area (Å²) in [6.45, 7) is 1.67. The molecule has 214 valence electrons. The highest BCUT2D eigenvalue weighted by molar-refractivity contribution is 6.05. The lowest BCUT2D eigenvalue weighted by atomic mass is 10.0. The van der Waals surface area contributed by atoms with Gasteiger partial charge in [-0.25, -0.2) is 23.7 Å². The van der Waals surface area contributed by atoms with Crippen molar-refractivity contribution in [1.82, 2.24) is 19.5 Å². The number of halogens is 2. The second kappa shape index (κ2) is 12.3. The lowest BCUT2D eigenvalue weighted by Crippen LogP contribution is -2.14. The summed E-state index contributed by atoms with van der Waals surface area (Å²) in [5.74, 6) is -0.452. The Kier molecular flexibility index (Phi) is 8.42. The van der Waals surface area contributed by atoms with Crippen molar-refractivity contribution in [1.29, 1.82) is 0 Å². The number of ether oxygens (including phenoxy) is 1. The largest absolute Gasteiger partial charge is 0.497 e. The van der Waals surface area contributed by atoms with Gasteiger partial charge in [0, 0.05) is 60.5 Å². The molecule has 0 radical (unpaired) electrons. The molecule has 1 amide bonds. The van der Waals surface area contributed by atoms with Gasteiger partial charge in [0.25, 0.3) is 11.8 Å². The molecule has 2 heterocycles. The van der Waals surface area contributed by atoms with Crippen LogP contribution in [0.1, 0.15) is 54.9 Å². The van der Waals surface area contributed by atoms with Crippen LogP contribution >= 0.6 is 0 Å². The number of hydrogen-bond acceptors (Lipinski definition) is 7. The van der Waals surface area contributed by atoms with Gasteiger partial charge in [-0.3, -0.25) is 9.36 Å². The Labute approximate surface area is 237 Å². The molecule has 41 heavy (non-hydrogen) atoms. The summed E-state index contributed by atoms with van der Waals surface area (Å²) in [5, 5.41) is 9.31. The normalized spacial score (nSPS) is 13.7. The van der Waals surface area contributed by atoms with Crippen LogP contribution in [0.3, 0.4) is 0 Å². The first-order chi connectivity index (χ1) is 19.8. The fraction of sp³-hybridized carbons (Fsp3) is 0.333. The zero-order valence-electron chi connectivity index (χ0n) is 23.0. The third-order valence-corrected chi connectivity index (χ3v) is 7.16. The van der Waals surface area contributed by atoms with Gasteiger partial charge in [0.05, 0.1) is 7.11 Å². The molecule has 9 nitrogen and oxygen atoms in total. The van der Waals surface area contributed by atoms with E-state index < -0.39 is 11.8 Å². The molecule has 5 rings (SSSR count). The van der Waals surface area contributed by atoms with E-state index in [0.29, 0.717) is 23.2 Å². The average Bonchev–Trinajstić information content (AvgIpc) is 3.65. The second-order valence-corrected chi connectivity index (χ2v) is 10.2. The molecule has 11 heteroatoms. The molecule has 1 saturated carbocycles. The van der Waals surface area contributed by atoms with Crippen LogP contribution in [0.4, 0.5) is 31.9 Å². The van der Waals surface area contributed by atoms with Crippen LogP contribution < -0.4 is 20.7 Å². The first-order valence-electron chi connectivity index (χ1n) is 13.6. The van der Waals surface area contributed by atoms with Gasteiger partial charge in [0.15, 0.2) is 0 Å². The number of anilines is 4. The molecule has 1 aliphatic rings. The van der Waals surface area contributed by atoms with Crippen LogP contribution in [0.15, 0.2) is 67.3 Å². The molecule has 0 saturated heterocycles. The Balaban J connectivity index is 1.31. The Morgan fingerprint density at radius 2 is 1.90 bits per heavy atom. The van der Waals surface area contributed by atoms with Gasteiger partial charge in [0.1, 0.15) is 23.7 Å². The number of carbonyl (C=O) groups is 1. The molecule has 0 spiro atoms. The van der Waals surface area contributed by atoms with E-state index in [9.17, 15) is 13.6 Å². The van der Waals surface area contributed by atoms with Gasteiger partial charge >= 0.3 is 0 Å². The molecule has 1 aliphatic carbocycles. The van der Waals surface area contributed by atoms with E-state index in [-0.39, 0.29) is 16.8 Å². The van der Waals surface area contributed by atoms with Gasteiger partial charge in [-0.2, -0.15) is 0 Å². The molecule has 0 unspecified atom stereocenters. The van der Waals surface area contributed by atoms with Crippen molar-refractivity contribution in [3.05, 3.63) is 78.4 Å². The number of carbonyl (C=O) groups excluding carboxylic acids is 1. The highest BCUT2D eigenvalue weighted by atomic mass is 19.3. The van der Waals surface area contributed by atoms with E-state index in [0.717, 1.165) is 31.6 Å². The summed E-state index contributed by atoms with van der Waals surface area (Å²) < 4.78 is 34.7. The van der Waals surface area contributed by atoms with Crippen molar-refractivity contribution in [2.75, 3.05) is 29.6 Å². The third-order valence-electron chi connectivity index (χ3n) is 7.16. The summed E-state index contributed by atoms with van der Waals surface area (Å²) in [4.78, 5) is 26.3. The van der Waals surface area contributed by atoms with Crippen molar-refractivity contribution >= 4 is 29.0 Å². The Morgan fingerprint density at radius 1 is 1.07 bits per heavy atom. The summed E-state index contributed by atoms with van der Waals surface area (Å²) in [5.41, 5.74) is 0.888. The van der Waals surface area contributed by atoms with Crippen LogP contribution in [0.2, 0.25) is 0 Å². The predicted molar refractivity (Wildman–Crippen MR) is 154 cm³/mol. The number of imidazole rings is 1. The maximum Gasteiger partial charge on any atom is 0.270 e. The van der Waals surface area contributed by atoms with Gasteiger partial charge in [-0.15, -0.1) is 0 Å². The van der Waals surface area contributed by atoms with E-state index in [2.05, 4.69) is 30.9 Å². The van der Waals surface area contributed by atoms with Crippen LogP contribution in [-0.4, -0.2) is 39.1 Å². The molecule has 0 atom stereocenters. The Morgan fingerprint density at radius 3 is 2.68 bits per heavy atom. The third kappa shape index (κ3) is 7.16. The molecule has 2 aromatic heterocycles. The number of nitrogens with zero attached hydrogens (tertiary/aromatic N) is 4. The quantitative estimate of drug-likeness (QED) is 0.186. The zero-order chi connectivity index (χ0) is 28.8. The van der Waals surface area contributed by atoms with Gasteiger partial charge < -0.3 is 20.7 Å². The van der Waals surface area contributed by atoms with Crippen LogP contribution in [0, 0.1) is 5.92 Å². The molecule has 4 aromatic rings.